The molecule has 1 heterocycles. The average Bonchev–Trinajstić information content (AvgIpc) is 2.57. The minimum Gasteiger partial charge on any atom is -0.497 e. The van der Waals surface area contributed by atoms with Crippen LogP contribution in [0.4, 0.5) is 4.79 Å². The number of nitrogens with zero attached hydrogens (tertiary/aromatic N) is 1. The minimum absolute atomic E-state index is 0.000883. The van der Waals surface area contributed by atoms with E-state index >= 15 is 0 Å². The van der Waals surface area contributed by atoms with E-state index in [1.54, 1.807) is 7.11 Å². The normalized spacial score (nSPS) is 23.5. The first-order valence-electron chi connectivity index (χ1n) is 9.01. The Balaban J connectivity index is 1.41. The van der Waals surface area contributed by atoms with Crippen LogP contribution in [0.25, 0.3) is 0 Å². The van der Waals surface area contributed by atoms with E-state index in [2.05, 4.69) is 22.8 Å². The molecule has 1 aromatic rings. The minimum atomic E-state index is 0.000883. The Morgan fingerprint density at radius 1 is 1.12 bits per heavy atom. The summed E-state index contributed by atoms with van der Waals surface area (Å²) in [5, 5.41) is 6.07. The molecule has 1 aromatic carbocycles. The summed E-state index contributed by atoms with van der Waals surface area (Å²) < 4.78 is 5.27. The molecule has 6 nitrogen and oxygen atoms in total. The van der Waals surface area contributed by atoms with Gasteiger partial charge in [0.15, 0.2) is 0 Å². The molecule has 2 aliphatic rings. The van der Waals surface area contributed by atoms with Gasteiger partial charge in [-0.2, -0.15) is 0 Å². The van der Waals surface area contributed by atoms with Crippen LogP contribution in [0.1, 0.15) is 44.1 Å². The van der Waals surface area contributed by atoms with E-state index in [4.69, 9.17) is 4.74 Å². The Morgan fingerprint density at radius 3 is 2.48 bits per heavy atom. The molecule has 1 aliphatic heterocycles. The van der Waals surface area contributed by atoms with Crippen molar-refractivity contribution in [2.45, 2.75) is 50.6 Å². The molecule has 0 spiro atoms. The Morgan fingerprint density at radius 2 is 1.84 bits per heavy atom. The second-order valence-corrected chi connectivity index (χ2v) is 7.05. The highest BCUT2D eigenvalue weighted by atomic mass is 16.5. The summed E-state index contributed by atoms with van der Waals surface area (Å²) in [5.41, 5.74) is 1.28. The van der Waals surface area contributed by atoms with Crippen molar-refractivity contribution in [2.24, 2.45) is 0 Å². The molecule has 25 heavy (non-hydrogen) atoms. The Bertz CT molecular complexity index is 620. The average molecular weight is 345 g/mol. The first kappa shape index (κ1) is 17.6. The van der Waals surface area contributed by atoms with Crippen LogP contribution >= 0.6 is 0 Å². The number of methoxy groups -OCH3 is 1. The van der Waals surface area contributed by atoms with Gasteiger partial charge in [-0.3, -0.25) is 4.79 Å². The van der Waals surface area contributed by atoms with Gasteiger partial charge in [0.05, 0.1) is 7.11 Å². The molecule has 0 aromatic heterocycles. The molecular weight excluding hydrogens is 318 g/mol. The van der Waals surface area contributed by atoms with Gasteiger partial charge < -0.3 is 20.3 Å². The molecule has 0 radical (unpaired) electrons. The van der Waals surface area contributed by atoms with Crippen molar-refractivity contribution in [3.05, 3.63) is 29.8 Å². The number of hydrogen-bond acceptors (Lipinski definition) is 3. The molecule has 0 bridgehead atoms. The first-order chi connectivity index (χ1) is 12.0. The van der Waals surface area contributed by atoms with Crippen LogP contribution in [0.3, 0.4) is 0 Å². The van der Waals surface area contributed by atoms with Gasteiger partial charge in [0, 0.05) is 32.1 Å². The molecule has 6 heteroatoms. The maximum atomic E-state index is 12.4. The Labute approximate surface area is 148 Å². The highest BCUT2D eigenvalue weighted by Crippen LogP contribution is 2.38. The highest BCUT2D eigenvalue weighted by Gasteiger charge is 2.33. The SMILES string of the molecule is COc1cccc(C2CC(NC(=O)N3CCC(NC(C)=O)CC3)C2)c1. The molecule has 1 aliphatic carbocycles. The lowest BCUT2D eigenvalue weighted by Gasteiger charge is -2.39. The number of likely N-dealkylation sites (tertiary alicyclic amines) is 1. The van der Waals surface area contributed by atoms with Crippen LogP contribution in [-0.2, 0) is 4.79 Å². The molecule has 0 atom stereocenters. The Hall–Kier alpha value is -2.24. The number of rotatable bonds is 4. The molecule has 0 unspecified atom stereocenters. The van der Waals surface area contributed by atoms with Crippen molar-refractivity contribution in [3.63, 3.8) is 0 Å². The van der Waals surface area contributed by atoms with Gasteiger partial charge >= 0.3 is 6.03 Å². The third-order valence-electron chi connectivity index (χ3n) is 5.22. The number of amides is 3. The van der Waals surface area contributed by atoms with E-state index in [0.29, 0.717) is 19.0 Å². The zero-order valence-electron chi connectivity index (χ0n) is 15.0. The number of carbonyl (C=O) groups excluding carboxylic acids is 2. The second kappa shape index (κ2) is 7.76. The summed E-state index contributed by atoms with van der Waals surface area (Å²) in [7, 11) is 1.68. The fourth-order valence-corrected chi connectivity index (χ4v) is 3.68. The van der Waals surface area contributed by atoms with Gasteiger partial charge in [-0.25, -0.2) is 4.79 Å². The van der Waals surface area contributed by atoms with Gasteiger partial charge in [-0.1, -0.05) is 12.1 Å². The summed E-state index contributed by atoms with van der Waals surface area (Å²) in [4.78, 5) is 25.3. The molecular formula is C19H27N3O3. The maximum absolute atomic E-state index is 12.4. The lowest BCUT2D eigenvalue weighted by atomic mass is 9.76. The van der Waals surface area contributed by atoms with Crippen LogP contribution in [0.2, 0.25) is 0 Å². The van der Waals surface area contributed by atoms with E-state index in [0.717, 1.165) is 31.4 Å². The third kappa shape index (κ3) is 4.44. The van der Waals surface area contributed by atoms with Crippen LogP contribution in [0.5, 0.6) is 5.75 Å². The number of piperidine rings is 1. The van der Waals surface area contributed by atoms with E-state index in [9.17, 15) is 9.59 Å². The van der Waals surface area contributed by atoms with Gasteiger partial charge in [-0.05, 0) is 49.3 Å². The topological polar surface area (TPSA) is 70.7 Å². The fourth-order valence-electron chi connectivity index (χ4n) is 3.68. The number of carbonyl (C=O) groups is 2. The van der Waals surface area contributed by atoms with Crippen molar-refractivity contribution >= 4 is 11.9 Å². The maximum Gasteiger partial charge on any atom is 0.317 e. The largest absolute Gasteiger partial charge is 0.497 e. The standard InChI is InChI=1S/C19H27N3O3/c1-13(23)20-16-6-8-22(9-7-16)19(24)21-17-10-15(11-17)14-4-3-5-18(12-14)25-2/h3-5,12,15-17H,6-11H2,1-2H3,(H,20,23)(H,21,24). The lowest BCUT2D eigenvalue weighted by molar-refractivity contribution is -0.119. The molecule has 1 saturated carbocycles. The van der Waals surface area contributed by atoms with Crippen LogP contribution in [0, 0.1) is 0 Å². The van der Waals surface area contributed by atoms with Crippen molar-refractivity contribution in [3.8, 4) is 5.75 Å². The van der Waals surface area contributed by atoms with Crippen LogP contribution in [-0.4, -0.2) is 49.1 Å². The monoisotopic (exact) mass is 345 g/mol. The summed E-state index contributed by atoms with van der Waals surface area (Å²) in [6.07, 6.45) is 3.59. The number of urea groups is 1. The highest BCUT2D eigenvalue weighted by molar-refractivity contribution is 5.75. The van der Waals surface area contributed by atoms with E-state index < -0.39 is 0 Å². The summed E-state index contributed by atoms with van der Waals surface area (Å²) in [6, 6.07) is 8.63. The number of hydrogen-bond donors (Lipinski definition) is 2. The number of ether oxygens (including phenoxy) is 1. The zero-order valence-corrected chi connectivity index (χ0v) is 15.0. The van der Waals surface area contributed by atoms with Gasteiger partial charge in [0.25, 0.3) is 0 Å². The zero-order chi connectivity index (χ0) is 17.8. The smallest absolute Gasteiger partial charge is 0.317 e. The van der Waals surface area contributed by atoms with Gasteiger partial charge in [0.1, 0.15) is 5.75 Å². The number of nitrogens with one attached hydrogen (secondary N) is 2. The molecule has 136 valence electrons. The van der Waals surface area contributed by atoms with E-state index in [1.165, 1.54) is 12.5 Å². The van der Waals surface area contributed by atoms with E-state index in [-0.39, 0.29) is 24.0 Å². The van der Waals surface area contributed by atoms with Crippen molar-refractivity contribution in [1.29, 1.82) is 0 Å². The lowest BCUT2D eigenvalue weighted by Crippen LogP contribution is -2.53. The predicted octanol–water partition coefficient (Wildman–Crippen LogP) is 2.25. The molecule has 2 fully saturated rings. The summed E-state index contributed by atoms with van der Waals surface area (Å²) >= 11 is 0. The molecule has 2 N–H and O–H groups in total. The first-order valence-corrected chi connectivity index (χ1v) is 9.01. The van der Waals surface area contributed by atoms with Gasteiger partial charge in [-0.15, -0.1) is 0 Å². The third-order valence-corrected chi connectivity index (χ3v) is 5.22. The molecule has 3 amide bonds. The van der Waals surface area contributed by atoms with Crippen LogP contribution < -0.4 is 15.4 Å². The van der Waals surface area contributed by atoms with Crippen molar-refractivity contribution in [2.75, 3.05) is 20.2 Å². The molecule has 3 rings (SSSR count). The predicted molar refractivity (Wildman–Crippen MR) is 95.7 cm³/mol. The van der Waals surface area contributed by atoms with Crippen molar-refractivity contribution in [1.82, 2.24) is 15.5 Å². The fraction of sp³-hybridized carbons (Fsp3) is 0.579. The van der Waals surface area contributed by atoms with Crippen molar-refractivity contribution < 1.29 is 14.3 Å². The number of benzene rings is 1. The summed E-state index contributed by atoms with van der Waals surface area (Å²) in [5.74, 6) is 1.37. The summed E-state index contributed by atoms with van der Waals surface area (Å²) in [6.45, 7) is 2.93. The second-order valence-electron chi connectivity index (χ2n) is 7.05. The molecule has 1 saturated heterocycles. The Kier molecular flexibility index (Phi) is 5.46. The van der Waals surface area contributed by atoms with Crippen LogP contribution in [0.15, 0.2) is 24.3 Å². The quantitative estimate of drug-likeness (QED) is 0.879. The van der Waals surface area contributed by atoms with Gasteiger partial charge in [0.2, 0.25) is 5.91 Å². The van der Waals surface area contributed by atoms with E-state index in [1.807, 2.05) is 17.0 Å².